The van der Waals surface area contributed by atoms with E-state index in [0.29, 0.717) is 50.9 Å². The maximum atomic E-state index is 13.9. The van der Waals surface area contributed by atoms with Crippen LogP contribution in [-0.2, 0) is 20.9 Å². The summed E-state index contributed by atoms with van der Waals surface area (Å²) in [5.74, 6) is 0.432. The predicted molar refractivity (Wildman–Crippen MR) is 163 cm³/mol. The van der Waals surface area contributed by atoms with Gasteiger partial charge in [0, 0.05) is 7.11 Å². The third kappa shape index (κ3) is 6.71. The molecule has 1 N–H and O–H groups in total. The van der Waals surface area contributed by atoms with Crippen LogP contribution < -0.4 is 24.4 Å². The van der Waals surface area contributed by atoms with Crippen LogP contribution in [0.5, 0.6) is 17.2 Å². The van der Waals surface area contributed by atoms with Gasteiger partial charge in [0.05, 0.1) is 35.1 Å². The van der Waals surface area contributed by atoms with Crippen LogP contribution in [-0.4, -0.2) is 42.6 Å². The Balaban J connectivity index is 1.55. The number of fused-ring (bicyclic) bond motifs is 1. The molecule has 0 fully saturated rings. The zero-order valence-corrected chi connectivity index (χ0v) is 24.9. The smallest absolute Gasteiger partial charge is 0.338 e. The molecular formula is C33H32N2O7S. The molecule has 1 aliphatic heterocycles. The largest absolute Gasteiger partial charge is 0.504 e. The third-order valence-corrected chi connectivity index (χ3v) is 7.77. The van der Waals surface area contributed by atoms with Crippen molar-refractivity contribution < 1.29 is 28.8 Å². The van der Waals surface area contributed by atoms with E-state index in [1.165, 1.54) is 29.1 Å². The number of carbonyl (C=O) groups is 1. The van der Waals surface area contributed by atoms with Gasteiger partial charge >= 0.3 is 5.97 Å². The molecule has 0 radical (unpaired) electrons. The molecule has 0 saturated heterocycles. The second-order valence-electron chi connectivity index (χ2n) is 9.71. The molecule has 0 aliphatic carbocycles. The van der Waals surface area contributed by atoms with Crippen molar-refractivity contribution in [1.82, 2.24) is 4.57 Å². The molecule has 1 unspecified atom stereocenters. The molecule has 222 valence electrons. The fourth-order valence-electron chi connectivity index (χ4n) is 4.72. The fourth-order valence-corrected chi connectivity index (χ4v) is 5.77. The van der Waals surface area contributed by atoms with E-state index in [2.05, 4.69) is 4.99 Å². The molecular weight excluding hydrogens is 568 g/mol. The number of phenols is 1. The van der Waals surface area contributed by atoms with E-state index in [1.54, 1.807) is 25.1 Å². The lowest BCUT2D eigenvalue weighted by Gasteiger charge is -2.25. The number of phenolic OH excluding ortho intramolecular Hbond substituents is 1. The van der Waals surface area contributed by atoms with Gasteiger partial charge in [-0.05, 0) is 60.9 Å². The van der Waals surface area contributed by atoms with Crippen molar-refractivity contribution in [3.8, 4) is 17.2 Å². The summed E-state index contributed by atoms with van der Waals surface area (Å²) < 4.78 is 23.9. The van der Waals surface area contributed by atoms with Gasteiger partial charge in [-0.25, -0.2) is 9.79 Å². The molecule has 43 heavy (non-hydrogen) atoms. The predicted octanol–water partition coefficient (Wildman–Crippen LogP) is 4.11. The first kappa shape index (κ1) is 29.8. The zero-order valence-electron chi connectivity index (χ0n) is 24.1. The number of aromatic hydroxyl groups is 1. The molecule has 0 bridgehead atoms. The minimum absolute atomic E-state index is 0.0175. The Hall–Kier alpha value is -4.67. The van der Waals surface area contributed by atoms with E-state index < -0.39 is 12.0 Å². The van der Waals surface area contributed by atoms with Crippen molar-refractivity contribution >= 4 is 23.4 Å². The molecule has 1 atom stereocenters. The number of methoxy groups -OCH3 is 1. The number of aromatic nitrogens is 1. The van der Waals surface area contributed by atoms with E-state index in [9.17, 15) is 14.7 Å². The Morgan fingerprint density at radius 3 is 2.53 bits per heavy atom. The molecule has 9 nitrogen and oxygen atoms in total. The molecule has 5 rings (SSSR count). The Kier molecular flexibility index (Phi) is 9.38. The highest BCUT2D eigenvalue weighted by Crippen LogP contribution is 2.32. The molecule has 4 aromatic rings. The van der Waals surface area contributed by atoms with Crippen molar-refractivity contribution in [2.24, 2.45) is 4.99 Å². The average molecular weight is 601 g/mol. The number of thiazole rings is 1. The van der Waals surface area contributed by atoms with Crippen molar-refractivity contribution in [3.05, 3.63) is 120 Å². The highest BCUT2D eigenvalue weighted by molar-refractivity contribution is 7.07. The molecule has 0 spiro atoms. The Bertz CT molecular complexity index is 1810. The fraction of sp³-hybridized carbons (Fsp3) is 0.242. The van der Waals surface area contributed by atoms with Gasteiger partial charge in [-0.2, -0.15) is 0 Å². The molecule has 3 aromatic carbocycles. The van der Waals surface area contributed by atoms with Gasteiger partial charge in [-0.3, -0.25) is 9.36 Å². The van der Waals surface area contributed by atoms with Crippen LogP contribution in [0.25, 0.3) is 6.08 Å². The second-order valence-corrected chi connectivity index (χ2v) is 10.7. The lowest BCUT2D eigenvalue weighted by molar-refractivity contribution is -0.140. The first-order valence-electron chi connectivity index (χ1n) is 13.8. The maximum absolute atomic E-state index is 13.9. The van der Waals surface area contributed by atoms with Crippen molar-refractivity contribution in [2.45, 2.75) is 26.5 Å². The van der Waals surface area contributed by atoms with Crippen LogP contribution in [0.4, 0.5) is 0 Å². The van der Waals surface area contributed by atoms with Gasteiger partial charge in [0.2, 0.25) is 0 Å². The monoisotopic (exact) mass is 600 g/mol. The number of hydrogen-bond acceptors (Lipinski definition) is 9. The summed E-state index contributed by atoms with van der Waals surface area (Å²) in [6, 6.07) is 21.3. The van der Waals surface area contributed by atoms with Crippen LogP contribution in [0.3, 0.4) is 0 Å². The van der Waals surface area contributed by atoms with Crippen LogP contribution in [0.2, 0.25) is 0 Å². The van der Waals surface area contributed by atoms with Crippen LogP contribution in [0.1, 0.15) is 36.6 Å². The number of carbonyl (C=O) groups excluding carboxylic acids is 1. The summed E-state index contributed by atoms with van der Waals surface area (Å²) >= 11 is 1.22. The normalized spacial score (nSPS) is 14.7. The minimum atomic E-state index is -0.768. The lowest BCUT2D eigenvalue weighted by atomic mass is 9.96. The van der Waals surface area contributed by atoms with Gasteiger partial charge in [0.25, 0.3) is 5.56 Å². The standard InChI is InChI=1S/C33H32N2O7S/c1-4-40-27-18-23(10-15-26(27)36)19-28-31(37)35-30(29(21(2)34-33(35)43-28)32(38)41-17-16-39-3)24-11-13-25(14-12-24)42-20-22-8-6-5-7-9-22/h5-15,18-19,30,36H,4,16-17,20H2,1-3H3. The van der Waals surface area contributed by atoms with Crippen molar-refractivity contribution in [2.75, 3.05) is 26.9 Å². The summed E-state index contributed by atoms with van der Waals surface area (Å²) in [5.41, 5.74) is 2.86. The van der Waals surface area contributed by atoms with Crippen molar-refractivity contribution in [3.63, 3.8) is 0 Å². The van der Waals surface area contributed by atoms with Crippen LogP contribution in [0, 0.1) is 0 Å². The first-order chi connectivity index (χ1) is 20.9. The summed E-state index contributed by atoms with van der Waals surface area (Å²) in [5, 5.41) is 10.1. The average Bonchev–Trinajstić information content (AvgIpc) is 3.31. The van der Waals surface area contributed by atoms with Gasteiger partial charge in [-0.15, -0.1) is 0 Å². The number of benzene rings is 3. The SMILES string of the molecule is CCOc1cc(C=c2sc3n(c2=O)C(c2ccc(OCc4ccccc4)cc2)C(C(=O)OCCOC)=C(C)N=3)ccc1O. The number of hydrogen-bond donors (Lipinski definition) is 1. The quantitative estimate of drug-likeness (QED) is 0.204. The van der Waals surface area contributed by atoms with E-state index in [1.807, 2.05) is 61.5 Å². The van der Waals surface area contributed by atoms with Crippen molar-refractivity contribution in [1.29, 1.82) is 0 Å². The summed E-state index contributed by atoms with van der Waals surface area (Å²) in [4.78, 5) is 32.4. The lowest BCUT2D eigenvalue weighted by Crippen LogP contribution is -2.40. The highest BCUT2D eigenvalue weighted by atomic mass is 32.1. The van der Waals surface area contributed by atoms with Gasteiger partial charge in [0.1, 0.15) is 19.0 Å². The molecule has 2 heterocycles. The number of nitrogens with zero attached hydrogens (tertiary/aromatic N) is 2. The number of rotatable bonds is 11. The first-order valence-corrected chi connectivity index (χ1v) is 14.6. The summed E-state index contributed by atoms with van der Waals surface area (Å²) in [6.07, 6.45) is 1.72. The maximum Gasteiger partial charge on any atom is 0.338 e. The van der Waals surface area contributed by atoms with E-state index in [0.717, 1.165) is 5.56 Å². The Morgan fingerprint density at radius 2 is 1.81 bits per heavy atom. The van der Waals surface area contributed by atoms with E-state index >= 15 is 0 Å². The zero-order chi connectivity index (χ0) is 30.3. The molecule has 0 saturated carbocycles. The van der Waals surface area contributed by atoms with E-state index in [4.69, 9.17) is 18.9 Å². The Labute approximate surface area is 252 Å². The van der Waals surface area contributed by atoms with E-state index in [-0.39, 0.29) is 30.1 Å². The molecule has 1 aliphatic rings. The topological polar surface area (TPSA) is 109 Å². The minimum Gasteiger partial charge on any atom is -0.504 e. The summed E-state index contributed by atoms with van der Waals surface area (Å²) in [7, 11) is 1.53. The second kappa shape index (κ2) is 13.5. The number of esters is 1. The number of ether oxygens (including phenoxy) is 4. The van der Waals surface area contributed by atoms with Gasteiger partial charge in [0.15, 0.2) is 16.3 Å². The van der Waals surface area contributed by atoms with Gasteiger partial charge in [-0.1, -0.05) is 59.9 Å². The molecule has 1 aromatic heterocycles. The molecule has 0 amide bonds. The highest BCUT2D eigenvalue weighted by Gasteiger charge is 2.33. The Morgan fingerprint density at radius 1 is 1.05 bits per heavy atom. The third-order valence-electron chi connectivity index (χ3n) is 6.79. The van der Waals surface area contributed by atoms with Crippen LogP contribution in [0.15, 0.2) is 93.9 Å². The number of allylic oxidation sites excluding steroid dienone is 1. The van der Waals surface area contributed by atoms with Crippen LogP contribution >= 0.6 is 11.3 Å². The van der Waals surface area contributed by atoms with Gasteiger partial charge < -0.3 is 24.1 Å². The molecule has 10 heteroatoms. The summed E-state index contributed by atoms with van der Waals surface area (Å²) in [6.45, 7) is 4.67.